The molecule has 0 radical (unpaired) electrons. The second-order valence-corrected chi connectivity index (χ2v) is 11.0. The zero-order chi connectivity index (χ0) is 27.4. The summed E-state index contributed by atoms with van der Waals surface area (Å²) < 4.78 is 8.94. The first-order chi connectivity index (χ1) is 19.6. The first-order valence-electron chi connectivity index (χ1n) is 13.5. The lowest BCUT2D eigenvalue weighted by Gasteiger charge is -2.18. The Kier molecular flexibility index (Phi) is 7.57. The lowest BCUT2D eigenvalue weighted by atomic mass is 9.94. The van der Waals surface area contributed by atoms with Crippen LogP contribution in [0.1, 0.15) is 30.4 Å². The number of carbonyl (C=O) groups is 1. The van der Waals surface area contributed by atoms with Crippen molar-refractivity contribution in [3.63, 3.8) is 0 Å². The number of benzene rings is 3. The molecule has 40 heavy (non-hydrogen) atoms. The maximum Gasteiger partial charge on any atom is 0.231 e. The van der Waals surface area contributed by atoms with Crippen molar-refractivity contribution in [3.8, 4) is 16.9 Å². The maximum atomic E-state index is 13.2. The highest BCUT2D eigenvalue weighted by atomic mass is 32.2. The summed E-state index contributed by atoms with van der Waals surface area (Å²) in [5.41, 5.74) is 4.39. The molecule has 1 aromatic heterocycles. The molecule has 4 bridgehead atoms. The van der Waals surface area contributed by atoms with Gasteiger partial charge in [0.1, 0.15) is 11.6 Å². The summed E-state index contributed by atoms with van der Waals surface area (Å²) in [4.78, 5) is 23.7. The van der Waals surface area contributed by atoms with Gasteiger partial charge in [-0.1, -0.05) is 48.5 Å². The minimum absolute atomic E-state index is 0.0476. The smallest absolute Gasteiger partial charge is 0.231 e. The van der Waals surface area contributed by atoms with E-state index in [2.05, 4.69) is 49.9 Å². The van der Waals surface area contributed by atoms with E-state index in [9.17, 15) is 4.79 Å². The van der Waals surface area contributed by atoms with Gasteiger partial charge in [-0.15, -0.1) is 0 Å². The molecule has 1 amide bonds. The molecule has 1 aliphatic carbocycles. The number of ether oxygens (including phenoxy) is 1. The number of amides is 1. The van der Waals surface area contributed by atoms with Crippen molar-refractivity contribution in [1.82, 2.24) is 20.0 Å². The van der Waals surface area contributed by atoms with Crippen LogP contribution in [0.4, 0.5) is 17.5 Å². The molecular weight excluding hydrogens is 520 g/mol. The van der Waals surface area contributed by atoms with Gasteiger partial charge < -0.3 is 20.7 Å². The van der Waals surface area contributed by atoms with Crippen LogP contribution in [0, 0.1) is 0 Å². The van der Waals surface area contributed by atoms with Gasteiger partial charge in [-0.3, -0.25) is 9.52 Å². The normalized spacial score (nSPS) is 15.7. The van der Waals surface area contributed by atoms with E-state index in [1.165, 1.54) is 0 Å². The molecule has 1 aliphatic heterocycles. The van der Waals surface area contributed by atoms with Gasteiger partial charge in [0.25, 0.3) is 0 Å². The third-order valence-corrected chi connectivity index (χ3v) is 8.18. The van der Waals surface area contributed by atoms with Crippen LogP contribution in [-0.2, 0) is 16.8 Å². The van der Waals surface area contributed by atoms with Gasteiger partial charge in [-0.05, 0) is 66.6 Å². The molecule has 1 fully saturated rings. The average Bonchev–Trinajstić information content (AvgIpc) is 3.80. The molecule has 2 aliphatic rings. The molecule has 9 heteroatoms. The van der Waals surface area contributed by atoms with Crippen LogP contribution in [0.3, 0.4) is 0 Å². The molecule has 0 spiro atoms. The van der Waals surface area contributed by atoms with Crippen molar-refractivity contribution in [2.75, 3.05) is 30.8 Å². The van der Waals surface area contributed by atoms with E-state index in [1.54, 1.807) is 19.1 Å². The fourth-order valence-corrected chi connectivity index (χ4v) is 5.74. The highest BCUT2D eigenvalue weighted by Gasteiger charge is 2.52. The highest BCUT2D eigenvalue weighted by molar-refractivity contribution is 7.97. The van der Waals surface area contributed by atoms with Crippen LogP contribution < -0.4 is 25.4 Å². The van der Waals surface area contributed by atoms with Crippen LogP contribution in [0.15, 0.2) is 83.9 Å². The van der Waals surface area contributed by atoms with E-state index in [0.717, 1.165) is 76.8 Å². The fourth-order valence-electron chi connectivity index (χ4n) is 4.99. The summed E-state index contributed by atoms with van der Waals surface area (Å²) in [6.07, 6.45) is 4.47. The lowest BCUT2D eigenvalue weighted by molar-refractivity contribution is -0.123. The molecule has 0 atom stereocenters. The summed E-state index contributed by atoms with van der Waals surface area (Å²) in [7, 11) is 1.65. The Hall–Kier alpha value is -4.08. The second kappa shape index (κ2) is 11.6. The standard InChI is InChI=1S/C31H32N6O2S/c1-39-27-9-3-2-8-26(27)31(14-15-31)29(38)33-19-21-10-12-22(13-11-21)25-20-34-30-36-23-6-4-7-24(18-23)40-35-17-5-16-32-28(25)37-30/h2-4,6-13,18,20,35H,5,14-17,19H2,1H3,(H,33,38)(H2,32,34,36,37). The average molecular weight is 553 g/mol. The second-order valence-electron chi connectivity index (χ2n) is 10.0. The van der Waals surface area contributed by atoms with Gasteiger partial charge in [0.2, 0.25) is 11.9 Å². The molecule has 204 valence electrons. The van der Waals surface area contributed by atoms with Crippen molar-refractivity contribution < 1.29 is 9.53 Å². The van der Waals surface area contributed by atoms with Crippen molar-refractivity contribution in [3.05, 3.63) is 90.1 Å². The van der Waals surface area contributed by atoms with Gasteiger partial charge in [0.15, 0.2) is 0 Å². The molecule has 0 saturated heterocycles. The van der Waals surface area contributed by atoms with Crippen LogP contribution in [-0.4, -0.2) is 36.1 Å². The summed E-state index contributed by atoms with van der Waals surface area (Å²) in [5, 5.41) is 9.96. The van der Waals surface area contributed by atoms with Crippen LogP contribution in [0.2, 0.25) is 0 Å². The number of nitrogens with zero attached hydrogens (tertiary/aromatic N) is 2. The number of hydrogen-bond donors (Lipinski definition) is 4. The zero-order valence-electron chi connectivity index (χ0n) is 22.4. The maximum absolute atomic E-state index is 13.2. The first-order valence-corrected chi connectivity index (χ1v) is 14.4. The number of rotatable bonds is 6. The largest absolute Gasteiger partial charge is 0.496 e. The number of anilines is 3. The van der Waals surface area contributed by atoms with Crippen molar-refractivity contribution in [2.24, 2.45) is 0 Å². The van der Waals surface area contributed by atoms with Crippen LogP contribution in [0.25, 0.3) is 11.1 Å². The third-order valence-electron chi connectivity index (χ3n) is 7.34. The van der Waals surface area contributed by atoms with E-state index >= 15 is 0 Å². The SMILES string of the molecule is COc1ccccc1C1(C(=O)NCc2ccc(-c3cnc4nc3NCCCNSc3cccc(c3)N4)cc2)CC1. The Morgan fingerprint density at radius 2 is 1.90 bits per heavy atom. The number of nitrogens with one attached hydrogen (secondary N) is 4. The number of aromatic nitrogens is 2. The summed E-state index contributed by atoms with van der Waals surface area (Å²) in [5.74, 6) is 2.15. The summed E-state index contributed by atoms with van der Waals surface area (Å²) in [6, 6.07) is 24.2. The van der Waals surface area contributed by atoms with Gasteiger partial charge in [0.05, 0.1) is 12.5 Å². The minimum atomic E-state index is -0.491. The number of methoxy groups -OCH3 is 1. The number of para-hydroxylation sites is 1. The van der Waals surface area contributed by atoms with Gasteiger partial charge in [-0.2, -0.15) is 4.98 Å². The predicted molar refractivity (Wildman–Crippen MR) is 160 cm³/mol. The van der Waals surface area contributed by atoms with Crippen LogP contribution >= 0.6 is 11.9 Å². The van der Waals surface area contributed by atoms with E-state index in [4.69, 9.17) is 9.72 Å². The molecular formula is C31H32N6O2S. The highest BCUT2D eigenvalue weighted by Crippen LogP contribution is 2.51. The molecule has 4 N–H and O–H groups in total. The fraction of sp³-hybridized carbons (Fsp3) is 0.258. The summed E-state index contributed by atoms with van der Waals surface area (Å²) in [6.45, 7) is 2.12. The summed E-state index contributed by atoms with van der Waals surface area (Å²) >= 11 is 1.63. The Morgan fingerprint density at radius 1 is 1.05 bits per heavy atom. The van der Waals surface area contributed by atoms with Crippen molar-refractivity contribution in [1.29, 1.82) is 0 Å². The Morgan fingerprint density at radius 3 is 2.73 bits per heavy atom. The quantitative estimate of drug-likeness (QED) is 0.228. The lowest BCUT2D eigenvalue weighted by Crippen LogP contribution is -2.34. The number of fused-ring (bicyclic) bond motifs is 4. The minimum Gasteiger partial charge on any atom is -0.496 e. The molecule has 0 unspecified atom stereocenters. The monoisotopic (exact) mass is 552 g/mol. The molecule has 6 rings (SSSR count). The molecule has 4 aromatic rings. The Balaban J connectivity index is 1.16. The van der Waals surface area contributed by atoms with Gasteiger partial charge >= 0.3 is 0 Å². The van der Waals surface area contributed by atoms with Crippen molar-refractivity contribution in [2.45, 2.75) is 36.1 Å². The molecule has 2 heterocycles. The Labute approximate surface area is 238 Å². The number of hydrogen-bond acceptors (Lipinski definition) is 8. The van der Waals surface area contributed by atoms with Crippen molar-refractivity contribution >= 4 is 35.3 Å². The Bertz CT molecular complexity index is 1510. The van der Waals surface area contributed by atoms with Crippen LogP contribution in [0.5, 0.6) is 5.75 Å². The first kappa shape index (κ1) is 26.2. The number of carbonyl (C=O) groups excluding carboxylic acids is 1. The zero-order valence-corrected chi connectivity index (χ0v) is 23.2. The predicted octanol–water partition coefficient (Wildman–Crippen LogP) is 5.66. The van der Waals surface area contributed by atoms with Gasteiger partial charge in [-0.25, -0.2) is 4.98 Å². The van der Waals surface area contributed by atoms with Gasteiger partial charge in [0, 0.05) is 47.5 Å². The molecule has 1 saturated carbocycles. The molecule has 8 nitrogen and oxygen atoms in total. The van der Waals surface area contributed by atoms with E-state index in [1.807, 2.05) is 54.7 Å². The third kappa shape index (κ3) is 5.61. The topological polar surface area (TPSA) is 100 Å². The molecule has 3 aromatic carbocycles. The van der Waals surface area contributed by atoms with E-state index < -0.39 is 5.41 Å². The van der Waals surface area contributed by atoms with E-state index in [-0.39, 0.29) is 5.91 Å². The van der Waals surface area contributed by atoms with E-state index in [0.29, 0.717) is 12.5 Å².